The fourth-order valence-corrected chi connectivity index (χ4v) is 5.48. The first-order chi connectivity index (χ1) is 15.5. The second kappa shape index (κ2) is 9.58. The minimum atomic E-state index is -3.71. The van der Waals surface area contributed by atoms with E-state index in [1.165, 1.54) is 10.4 Å². The van der Waals surface area contributed by atoms with E-state index in [1.54, 1.807) is 24.3 Å². The van der Waals surface area contributed by atoms with Gasteiger partial charge in [-0.05, 0) is 74.4 Å². The number of anilines is 1. The molecule has 7 nitrogen and oxygen atoms in total. The number of hydrogen-bond donors (Lipinski definition) is 1. The first-order valence-electron chi connectivity index (χ1n) is 10.8. The molecule has 1 aliphatic heterocycles. The van der Waals surface area contributed by atoms with Gasteiger partial charge in [0, 0.05) is 42.4 Å². The molecule has 2 heterocycles. The zero-order valence-electron chi connectivity index (χ0n) is 18.0. The van der Waals surface area contributed by atoms with Crippen LogP contribution in [0.2, 0.25) is 0 Å². The van der Waals surface area contributed by atoms with Gasteiger partial charge in [0.05, 0.1) is 6.61 Å². The molecule has 3 aromatic rings. The minimum Gasteiger partial charge on any atom is -0.492 e. The molecule has 0 bridgehead atoms. The number of benzene rings is 2. The van der Waals surface area contributed by atoms with Gasteiger partial charge in [-0.1, -0.05) is 6.42 Å². The third kappa shape index (κ3) is 4.71. The highest BCUT2D eigenvalue weighted by Crippen LogP contribution is 2.31. The van der Waals surface area contributed by atoms with Gasteiger partial charge in [-0.3, -0.25) is 4.79 Å². The normalized spacial score (nSPS) is 14.8. The van der Waals surface area contributed by atoms with Gasteiger partial charge in [-0.2, -0.15) is 4.31 Å². The van der Waals surface area contributed by atoms with Crippen LogP contribution < -0.4 is 10.1 Å². The van der Waals surface area contributed by atoms with Crippen molar-refractivity contribution in [3.8, 4) is 11.4 Å². The van der Waals surface area contributed by atoms with E-state index in [9.17, 15) is 13.2 Å². The number of hydrogen-bond acceptors (Lipinski definition) is 4. The number of ether oxygens (including phenoxy) is 1. The van der Waals surface area contributed by atoms with E-state index in [0.717, 1.165) is 24.9 Å². The number of aromatic nitrogens is 1. The fourth-order valence-electron chi connectivity index (χ4n) is 3.80. The SMILES string of the molecule is CCOc1ccc(NC(=O)c2ccc(-n3cccc3)cc2)cc1S(=O)(=O)N1CCCCC1. The molecule has 1 N–H and O–H groups in total. The summed E-state index contributed by atoms with van der Waals surface area (Å²) in [5, 5.41) is 2.81. The van der Waals surface area contributed by atoms with E-state index in [1.807, 2.05) is 48.1 Å². The monoisotopic (exact) mass is 453 g/mol. The van der Waals surface area contributed by atoms with Gasteiger partial charge in [0.2, 0.25) is 10.0 Å². The Morgan fingerprint density at radius 2 is 1.69 bits per heavy atom. The Bertz CT molecular complexity index is 1170. The van der Waals surface area contributed by atoms with Gasteiger partial charge in [0.15, 0.2) is 0 Å². The molecule has 0 aliphatic carbocycles. The number of rotatable bonds is 7. The number of nitrogens with one attached hydrogen (secondary N) is 1. The fraction of sp³-hybridized carbons (Fsp3) is 0.292. The van der Waals surface area contributed by atoms with Gasteiger partial charge < -0.3 is 14.6 Å². The molecule has 0 unspecified atom stereocenters. The number of carbonyl (C=O) groups excluding carboxylic acids is 1. The van der Waals surface area contributed by atoms with Crippen molar-refractivity contribution in [1.82, 2.24) is 8.87 Å². The van der Waals surface area contributed by atoms with Gasteiger partial charge in [-0.25, -0.2) is 8.42 Å². The van der Waals surface area contributed by atoms with E-state index in [4.69, 9.17) is 4.74 Å². The first kappa shape index (κ1) is 22.1. The average Bonchev–Trinajstić information content (AvgIpc) is 3.36. The molecule has 0 radical (unpaired) electrons. The lowest BCUT2D eigenvalue weighted by molar-refractivity contribution is 0.102. The van der Waals surface area contributed by atoms with Crippen LogP contribution in [0.3, 0.4) is 0 Å². The predicted molar refractivity (Wildman–Crippen MR) is 124 cm³/mol. The molecule has 168 valence electrons. The average molecular weight is 454 g/mol. The molecule has 4 rings (SSSR count). The standard InChI is InChI=1S/C24H27N3O4S/c1-2-31-22-13-10-20(18-23(22)32(29,30)27-16-4-3-5-17-27)25-24(28)19-8-11-21(12-9-19)26-14-6-7-15-26/h6-15,18H,2-5,16-17H2,1H3,(H,25,28). The minimum absolute atomic E-state index is 0.0852. The van der Waals surface area contributed by atoms with Crippen LogP contribution in [0.1, 0.15) is 36.5 Å². The Labute approximate surface area is 188 Å². The highest BCUT2D eigenvalue weighted by Gasteiger charge is 2.29. The molecule has 0 spiro atoms. The van der Waals surface area contributed by atoms with Crippen molar-refractivity contribution in [2.45, 2.75) is 31.1 Å². The molecule has 32 heavy (non-hydrogen) atoms. The predicted octanol–water partition coefficient (Wildman–Crippen LogP) is 4.30. The van der Waals surface area contributed by atoms with Crippen LogP contribution in [-0.4, -0.2) is 42.9 Å². The lowest BCUT2D eigenvalue weighted by Crippen LogP contribution is -2.35. The summed E-state index contributed by atoms with van der Waals surface area (Å²) in [6.07, 6.45) is 6.58. The number of sulfonamides is 1. The second-order valence-corrected chi connectivity index (χ2v) is 9.56. The van der Waals surface area contributed by atoms with Crippen LogP contribution in [0.4, 0.5) is 5.69 Å². The van der Waals surface area contributed by atoms with Crippen molar-refractivity contribution in [3.05, 3.63) is 72.6 Å². The Morgan fingerprint density at radius 3 is 2.34 bits per heavy atom. The van der Waals surface area contributed by atoms with Gasteiger partial charge in [0.1, 0.15) is 10.6 Å². The molecular weight excluding hydrogens is 426 g/mol. The lowest BCUT2D eigenvalue weighted by atomic mass is 10.2. The summed E-state index contributed by atoms with van der Waals surface area (Å²) in [4.78, 5) is 12.9. The van der Waals surface area contributed by atoms with E-state index >= 15 is 0 Å². The largest absolute Gasteiger partial charge is 0.492 e. The quantitative estimate of drug-likeness (QED) is 0.578. The van der Waals surface area contributed by atoms with Crippen molar-refractivity contribution < 1.29 is 17.9 Å². The van der Waals surface area contributed by atoms with Crippen LogP contribution in [0.15, 0.2) is 71.9 Å². The number of piperidine rings is 1. The molecule has 1 fully saturated rings. The Balaban J connectivity index is 1.57. The van der Waals surface area contributed by atoms with Crippen molar-refractivity contribution in [2.75, 3.05) is 25.0 Å². The smallest absolute Gasteiger partial charge is 0.255 e. The summed E-state index contributed by atoms with van der Waals surface area (Å²) in [5.74, 6) is -0.0123. The van der Waals surface area contributed by atoms with Gasteiger partial charge >= 0.3 is 0 Å². The van der Waals surface area contributed by atoms with Crippen LogP contribution in [0.25, 0.3) is 5.69 Å². The maximum Gasteiger partial charge on any atom is 0.255 e. The van der Waals surface area contributed by atoms with E-state index in [-0.39, 0.29) is 10.8 Å². The summed E-state index contributed by atoms with van der Waals surface area (Å²) in [5.41, 5.74) is 1.83. The van der Waals surface area contributed by atoms with Crippen molar-refractivity contribution in [2.24, 2.45) is 0 Å². The first-order valence-corrected chi connectivity index (χ1v) is 12.2. The Morgan fingerprint density at radius 1 is 1.00 bits per heavy atom. The molecule has 0 atom stereocenters. The van der Waals surface area contributed by atoms with E-state index in [2.05, 4.69) is 5.32 Å². The summed E-state index contributed by atoms with van der Waals surface area (Å²) in [6, 6.07) is 15.8. The molecule has 0 saturated carbocycles. The van der Waals surface area contributed by atoms with Crippen molar-refractivity contribution >= 4 is 21.6 Å². The van der Waals surface area contributed by atoms with Crippen molar-refractivity contribution in [3.63, 3.8) is 0 Å². The molecule has 8 heteroatoms. The zero-order chi connectivity index (χ0) is 22.6. The molecule has 1 aromatic heterocycles. The third-order valence-corrected chi connectivity index (χ3v) is 7.39. The summed E-state index contributed by atoms with van der Waals surface area (Å²) >= 11 is 0. The summed E-state index contributed by atoms with van der Waals surface area (Å²) < 4.78 is 35.6. The third-order valence-electron chi connectivity index (χ3n) is 5.47. The highest BCUT2D eigenvalue weighted by molar-refractivity contribution is 7.89. The zero-order valence-corrected chi connectivity index (χ0v) is 18.8. The van der Waals surface area contributed by atoms with Crippen LogP contribution in [-0.2, 0) is 10.0 Å². The molecular formula is C24H27N3O4S. The highest BCUT2D eigenvalue weighted by atomic mass is 32.2. The van der Waals surface area contributed by atoms with E-state index < -0.39 is 10.0 Å². The molecule has 1 saturated heterocycles. The van der Waals surface area contributed by atoms with Crippen LogP contribution >= 0.6 is 0 Å². The maximum absolute atomic E-state index is 13.3. The Hall–Kier alpha value is -3.10. The topological polar surface area (TPSA) is 80.6 Å². The number of carbonyl (C=O) groups is 1. The number of nitrogens with zero attached hydrogens (tertiary/aromatic N) is 2. The van der Waals surface area contributed by atoms with Crippen LogP contribution in [0, 0.1) is 0 Å². The lowest BCUT2D eigenvalue weighted by Gasteiger charge is -2.27. The molecule has 1 amide bonds. The molecule has 1 aliphatic rings. The van der Waals surface area contributed by atoms with Gasteiger partial charge in [-0.15, -0.1) is 0 Å². The number of amides is 1. The van der Waals surface area contributed by atoms with Gasteiger partial charge in [0.25, 0.3) is 5.91 Å². The molecule has 2 aromatic carbocycles. The summed E-state index contributed by atoms with van der Waals surface area (Å²) in [6.45, 7) is 3.16. The van der Waals surface area contributed by atoms with Crippen LogP contribution in [0.5, 0.6) is 5.75 Å². The Kier molecular flexibility index (Phi) is 6.62. The van der Waals surface area contributed by atoms with Crippen molar-refractivity contribution in [1.29, 1.82) is 0 Å². The second-order valence-electron chi connectivity index (χ2n) is 7.65. The maximum atomic E-state index is 13.3. The van der Waals surface area contributed by atoms with E-state index in [0.29, 0.717) is 36.7 Å². The summed E-state index contributed by atoms with van der Waals surface area (Å²) in [7, 11) is -3.71.